The number of hydrogen-bond donors (Lipinski definition) is 2. The molecule has 0 aliphatic carbocycles. The Kier molecular flexibility index (Phi) is 10.3. The van der Waals surface area contributed by atoms with Crippen LogP contribution in [0.1, 0.15) is 34.8 Å². The van der Waals surface area contributed by atoms with Crippen LogP contribution in [-0.4, -0.2) is 49.4 Å². The molecule has 0 fully saturated rings. The van der Waals surface area contributed by atoms with Gasteiger partial charge < -0.3 is 19.3 Å². The standard InChI is InChI=1S/C26H26Cl2N2O6S/c1-4-9-36-10-8-15-6-5-7-17(23(15)35-3)21-14-37-26(29-21)30-24(31)16-11-19(27)18(20(28)12-16)13-22(34-2)25(32)33/h5-7,11-14H,4,8-10H2,1-3H3,(H,32,33)(H,29,30,31)/b22-13-. The number of carbonyl (C=O) groups excluding carboxylic acids is 1. The van der Waals surface area contributed by atoms with Crippen LogP contribution < -0.4 is 10.1 Å². The third-order valence-corrected chi connectivity index (χ3v) is 6.60. The lowest BCUT2D eigenvalue weighted by Gasteiger charge is -2.12. The summed E-state index contributed by atoms with van der Waals surface area (Å²) in [4.78, 5) is 28.6. The van der Waals surface area contributed by atoms with Gasteiger partial charge in [0.15, 0.2) is 5.13 Å². The summed E-state index contributed by atoms with van der Waals surface area (Å²) < 4.78 is 16.1. The second-order valence-corrected chi connectivity index (χ2v) is 9.40. The fourth-order valence-electron chi connectivity index (χ4n) is 3.47. The Hall–Kier alpha value is -3.11. The number of rotatable bonds is 12. The predicted octanol–water partition coefficient (Wildman–Crippen LogP) is 6.42. The van der Waals surface area contributed by atoms with Crippen molar-refractivity contribution >= 4 is 57.6 Å². The molecule has 3 aromatic rings. The molecule has 0 radical (unpaired) electrons. The van der Waals surface area contributed by atoms with E-state index in [9.17, 15) is 9.59 Å². The van der Waals surface area contributed by atoms with E-state index in [1.165, 1.54) is 36.7 Å². The minimum Gasteiger partial charge on any atom is -0.496 e. The number of para-hydroxylation sites is 1. The van der Waals surface area contributed by atoms with Crippen molar-refractivity contribution in [2.45, 2.75) is 19.8 Å². The van der Waals surface area contributed by atoms with Crippen LogP contribution in [0.2, 0.25) is 10.0 Å². The lowest BCUT2D eigenvalue weighted by atomic mass is 10.0. The number of thiazole rings is 1. The van der Waals surface area contributed by atoms with E-state index in [0.29, 0.717) is 36.2 Å². The molecule has 0 saturated carbocycles. The molecule has 37 heavy (non-hydrogen) atoms. The first-order valence-electron chi connectivity index (χ1n) is 11.3. The van der Waals surface area contributed by atoms with Crippen molar-refractivity contribution in [1.82, 2.24) is 4.98 Å². The minimum absolute atomic E-state index is 0.0951. The fraction of sp³-hybridized carbons (Fsp3) is 0.269. The van der Waals surface area contributed by atoms with Gasteiger partial charge in [-0.25, -0.2) is 9.78 Å². The summed E-state index contributed by atoms with van der Waals surface area (Å²) in [6, 6.07) is 8.62. The predicted molar refractivity (Wildman–Crippen MR) is 146 cm³/mol. The van der Waals surface area contributed by atoms with Crippen LogP contribution in [0.4, 0.5) is 5.13 Å². The number of hydrogen-bond acceptors (Lipinski definition) is 7. The molecule has 0 saturated heterocycles. The molecule has 2 aromatic carbocycles. The number of benzene rings is 2. The highest BCUT2D eigenvalue weighted by Crippen LogP contribution is 2.35. The number of carboxylic acids is 1. The number of aliphatic carboxylic acids is 1. The van der Waals surface area contributed by atoms with Gasteiger partial charge in [0.1, 0.15) is 5.75 Å². The lowest BCUT2D eigenvalue weighted by Crippen LogP contribution is -2.12. The molecule has 0 aliphatic rings. The van der Waals surface area contributed by atoms with E-state index in [1.54, 1.807) is 7.11 Å². The van der Waals surface area contributed by atoms with Crippen molar-refractivity contribution in [3.05, 3.63) is 68.2 Å². The zero-order valence-corrected chi connectivity index (χ0v) is 22.8. The second-order valence-electron chi connectivity index (χ2n) is 7.72. The number of ether oxygens (including phenoxy) is 3. The van der Waals surface area contributed by atoms with Gasteiger partial charge in [-0.05, 0) is 42.7 Å². The van der Waals surface area contributed by atoms with Crippen molar-refractivity contribution in [2.24, 2.45) is 0 Å². The van der Waals surface area contributed by atoms with E-state index in [2.05, 4.69) is 17.2 Å². The fourth-order valence-corrected chi connectivity index (χ4v) is 4.77. The van der Waals surface area contributed by atoms with E-state index >= 15 is 0 Å². The first-order chi connectivity index (χ1) is 17.8. The number of carbonyl (C=O) groups is 2. The molecule has 0 atom stereocenters. The number of anilines is 1. The quantitative estimate of drug-likeness (QED) is 0.148. The zero-order valence-electron chi connectivity index (χ0n) is 20.5. The van der Waals surface area contributed by atoms with Gasteiger partial charge in [-0.15, -0.1) is 11.3 Å². The molecule has 0 aliphatic heterocycles. The molecule has 11 heteroatoms. The van der Waals surface area contributed by atoms with E-state index in [0.717, 1.165) is 17.5 Å². The van der Waals surface area contributed by atoms with Crippen LogP contribution in [0.5, 0.6) is 5.75 Å². The molecule has 1 amide bonds. The van der Waals surface area contributed by atoms with Crippen LogP contribution in [-0.2, 0) is 20.7 Å². The van der Waals surface area contributed by atoms with Gasteiger partial charge in [0.25, 0.3) is 5.91 Å². The third kappa shape index (κ3) is 7.23. The largest absolute Gasteiger partial charge is 0.496 e. The Bertz CT molecular complexity index is 1280. The molecule has 2 N–H and O–H groups in total. The van der Waals surface area contributed by atoms with E-state index in [1.807, 2.05) is 23.6 Å². The zero-order chi connectivity index (χ0) is 26.9. The molecule has 0 spiro atoms. The molecule has 3 rings (SSSR count). The first kappa shape index (κ1) is 28.5. The molecule has 196 valence electrons. The summed E-state index contributed by atoms with van der Waals surface area (Å²) in [6.07, 6.45) is 2.86. The highest BCUT2D eigenvalue weighted by atomic mass is 35.5. The topological polar surface area (TPSA) is 107 Å². The van der Waals surface area contributed by atoms with Crippen molar-refractivity contribution < 1.29 is 28.9 Å². The molecule has 1 aromatic heterocycles. The van der Waals surface area contributed by atoms with Crippen molar-refractivity contribution in [2.75, 3.05) is 32.8 Å². The Morgan fingerprint density at radius 1 is 1.16 bits per heavy atom. The van der Waals surface area contributed by atoms with Crippen LogP contribution in [0.25, 0.3) is 17.3 Å². The Balaban J connectivity index is 1.79. The highest BCUT2D eigenvalue weighted by Gasteiger charge is 2.18. The van der Waals surface area contributed by atoms with Crippen LogP contribution in [0.15, 0.2) is 41.5 Å². The average Bonchev–Trinajstić information content (AvgIpc) is 3.34. The lowest BCUT2D eigenvalue weighted by molar-refractivity contribution is -0.135. The third-order valence-electron chi connectivity index (χ3n) is 5.21. The van der Waals surface area contributed by atoms with Gasteiger partial charge in [0, 0.05) is 28.7 Å². The summed E-state index contributed by atoms with van der Waals surface area (Å²) in [5.74, 6) is -1.38. The summed E-state index contributed by atoms with van der Waals surface area (Å²) in [6.45, 7) is 3.37. The minimum atomic E-state index is -1.27. The van der Waals surface area contributed by atoms with Gasteiger partial charge in [-0.1, -0.05) is 42.3 Å². The molecule has 1 heterocycles. The monoisotopic (exact) mass is 564 g/mol. The Morgan fingerprint density at radius 3 is 2.51 bits per heavy atom. The smallest absolute Gasteiger partial charge is 0.371 e. The number of carboxylic acid groups (broad SMARTS) is 1. The maximum absolute atomic E-state index is 12.9. The normalized spacial score (nSPS) is 11.3. The maximum atomic E-state index is 12.9. The molecular weight excluding hydrogens is 539 g/mol. The highest BCUT2D eigenvalue weighted by molar-refractivity contribution is 7.14. The Labute approximate surface area is 228 Å². The number of aromatic nitrogens is 1. The Morgan fingerprint density at radius 2 is 1.89 bits per heavy atom. The summed E-state index contributed by atoms with van der Waals surface area (Å²) in [5, 5.41) is 14.3. The van der Waals surface area contributed by atoms with E-state index in [-0.39, 0.29) is 26.9 Å². The summed E-state index contributed by atoms with van der Waals surface area (Å²) >= 11 is 13.8. The number of methoxy groups -OCH3 is 2. The number of amides is 1. The molecule has 8 nitrogen and oxygen atoms in total. The number of nitrogens with one attached hydrogen (secondary N) is 1. The second kappa shape index (κ2) is 13.4. The van der Waals surface area contributed by atoms with Crippen LogP contribution >= 0.6 is 34.5 Å². The number of nitrogens with zero attached hydrogens (tertiary/aromatic N) is 1. The van der Waals surface area contributed by atoms with Gasteiger partial charge in [0.2, 0.25) is 5.76 Å². The van der Waals surface area contributed by atoms with Crippen molar-refractivity contribution in [1.29, 1.82) is 0 Å². The SMILES string of the molecule is CCCOCCc1cccc(-c2csc(NC(=O)c3cc(Cl)c(/C=C(\OC)C(=O)O)c(Cl)c3)n2)c1OC. The van der Waals surface area contributed by atoms with E-state index in [4.69, 9.17) is 42.5 Å². The first-order valence-corrected chi connectivity index (χ1v) is 12.9. The van der Waals surface area contributed by atoms with Crippen LogP contribution in [0.3, 0.4) is 0 Å². The molecular formula is C26H26Cl2N2O6S. The van der Waals surface area contributed by atoms with Gasteiger partial charge >= 0.3 is 5.97 Å². The van der Waals surface area contributed by atoms with E-state index < -0.39 is 11.9 Å². The van der Waals surface area contributed by atoms with Gasteiger partial charge in [0.05, 0.1) is 36.6 Å². The van der Waals surface area contributed by atoms with Crippen molar-refractivity contribution in [3.8, 4) is 17.0 Å². The van der Waals surface area contributed by atoms with Crippen molar-refractivity contribution in [3.63, 3.8) is 0 Å². The van der Waals surface area contributed by atoms with Gasteiger partial charge in [-0.2, -0.15) is 0 Å². The molecule has 0 bridgehead atoms. The number of halogens is 2. The summed E-state index contributed by atoms with van der Waals surface area (Å²) in [5.41, 5.74) is 2.88. The van der Waals surface area contributed by atoms with Crippen LogP contribution in [0, 0.1) is 0 Å². The summed E-state index contributed by atoms with van der Waals surface area (Å²) in [7, 11) is 2.84. The van der Waals surface area contributed by atoms with Gasteiger partial charge in [-0.3, -0.25) is 10.1 Å². The molecule has 0 unspecified atom stereocenters. The maximum Gasteiger partial charge on any atom is 0.371 e. The average molecular weight is 565 g/mol.